The summed E-state index contributed by atoms with van der Waals surface area (Å²) in [4.78, 5) is 4.19. The van der Waals surface area contributed by atoms with Crippen LogP contribution in [0.4, 0.5) is 0 Å². The molecule has 0 aliphatic rings. The lowest BCUT2D eigenvalue weighted by Crippen LogP contribution is -2.07. The standard InChI is InChI=1S/C14H14BrNO2/c1-10(2)17-13-7-4-8-16-14(13)18-12-6-3-5-11(15)9-12/h3-10H,1-2H3. The van der Waals surface area contributed by atoms with Gasteiger partial charge in [-0.15, -0.1) is 0 Å². The summed E-state index contributed by atoms with van der Waals surface area (Å²) in [5.41, 5.74) is 0. The van der Waals surface area contributed by atoms with Gasteiger partial charge in [0.25, 0.3) is 5.88 Å². The normalized spacial score (nSPS) is 10.4. The first kappa shape index (κ1) is 12.9. The molecule has 0 atom stereocenters. The van der Waals surface area contributed by atoms with E-state index in [-0.39, 0.29) is 6.10 Å². The first-order valence-corrected chi connectivity index (χ1v) is 6.49. The maximum Gasteiger partial charge on any atom is 0.262 e. The lowest BCUT2D eigenvalue weighted by molar-refractivity contribution is 0.231. The maximum atomic E-state index is 5.73. The minimum Gasteiger partial charge on any atom is -0.485 e. The number of benzene rings is 1. The fourth-order valence-electron chi connectivity index (χ4n) is 1.44. The maximum absolute atomic E-state index is 5.73. The van der Waals surface area contributed by atoms with E-state index >= 15 is 0 Å². The van der Waals surface area contributed by atoms with Gasteiger partial charge in [-0.2, -0.15) is 0 Å². The van der Waals surface area contributed by atoms with Crippen molar-refractivity contribution in [1.82, 2.24) is 4.98 Å². The quantitative estimate of drug-likeness (QED) is 0.837. The molecule has 1 aromatic heterocycles. The zero-order chi connectivity index (χ0) is 13.0. The summed E-state index contributed by atoms with van der Waals surface area (Å²) in [5.74, 6) is 1.84. The van der Waals surface area contributed by atoms with Crippen LogP contribution in [0.5, 0.6) is 17.4 Å². The summed E-state index contributed by atoms with van der Waals surface area (Å²) in [7, 11) is 0. The van der Waals surface area contributed by atoms with Gasteiger partial charge >= 0.3 is 0 Å². The third kappa shape index (κ3) is 3.47. The van der Waals surface area contributed by atoms with Crippen LogP contribution in [0.1, 0.15) is 13.8 Å². The summed E-state index contributed by atoms with van der Waals surface area (Å²) >= 11 is 3.40. The predicted octanol–water partition coefficient (Wildman–Crippen LogP) is 4.42. The van der Waals surface area contributed by atoms with Gasteiger partial charge in [0.15, 0.2) is 5.75 Å². The molecule has 0 saturated heterocycles. The number of hydrogen-bond acceptors (Lipinski definition) is 3. The Morgan fingerprint density at radius 2 is 2.00 bits per heavy atom. The van der Waals surface area contributed by atoms with E-state index in [4.69, 9.17) is 9.47 Å². The number of rotatable bonds is 4. The van der Waals surface area contributed by atoms with E-state index in [0.29, 0.717) is 11.6 Å². The Morgan fingerprint density at radius 3 is 2.72 bits per heavy atom. The molecule has 2 rings (SSSR count). The van der Waals surface area contributed by atoms with Crippen molar-refractivity contribution in [3.8, 4) is 17.4 Å². The van der Waals surface area contributed by atoms with E-state index in [1.165, 1.54) is 0 Å². The Hall–Kier alpha value is -1.55. The molecular weight excluding hydrogens is 294 g/mol. The first-order chi connectivity index (χ1) is 8.65. The largest absolute Gasteiger partial charge is 0.485 e. The second kappa shape index (κ2) is 5.87. The van der Waals surface area contributed by atoms with Crippen LogP contribution >= 0.6 is 15.9 Å². The average molecular weight is 308 g/mol. The lowest BCUT2D eigenvalue weighted by Gasteiger charge is -2.13. The number of nitrogens with zero attached hydrogens (tertiary/aromatic N) is 1. The van der Waals surface area contributed by atoms with Crippen LogP contribution in [0.3, 0.4) is 0 Å². The molecule has 18 heavy (non-hydrogen) atoms. The van der Waals surface area contributed by atoms with E-state index in [0.717, 1.165) is 10.2 Å². The van der Waals surface area contributed by atoms with Crippen molar-refractivity contribution in [2.75, 3.05) is 0 Å². The molecule has 0 fully saturated rings. The lowest BCUT2D eigenvalue weighted by atomic mass is 10.3. The van der Waals surface area contributed by atoms with Crippen LogP contribution in [0.15, 0.2) is 47.1 Å². The molecule has 0 N–H and O–H groups in total. The molecule has 2 aromatic rings. The Balaban J connectivity index is 2.23. The minimum atomic E-state index is 0.0825. The van der Waals surface area contributed by atoms with Crippen LogP contribution in [0.25, 0.3) is 0 Å². The molecule has 0 bridgehead atoms. The molecular formula is C14H14BrNO2. The fraction of sp³-hybridized carbons (Fsp3) is 0.214. The molecule has 4 heteroatoms. The highest BCUT2D eigenvalue weighted by molar-refractivity contribution is 9.10. The average Bonchev–Trinajstić information content (AvgIpc) is 2.31. The first-order valence-electron chi connectivity index (χ1n) is 5.70. The molecule has 0 aliphatic carbocycles. The number of halogens is 1. The highest BCUT2D eigenvalue weighted by atomic mass is 79.9. The summed E-state index contributed by atoms with van der Waals surface area (Å²) in [5, 5.41) is 0. The second-order valence-corrected chi connectivity index (χ2v) is 4.95. The molecule has 0 unspecified atom stereocenters. The molecule has 1 aromatic carbocycles. The topological polar surface area (TPSA) is 31.4 Å². The molecule has 0 amide bonds. The van der Waals surface area contributed by atoms with Crippen molar-refractivity contribution < 1.29 is 9.47 Å². The summed E-state index contributed by atoms with van der Waals surface area (Å²) < 4.78 is 12.3. The summed E-state index contributed by atoms with van der Waals surface area (Å²) in [6.07, 6.45) is 1.76. The van der Waals surface area contributed by atoms with Crippen LogP contribution in [0, 0.1) is 0 Å². The van der Waals surface area contributed by atoms with E-state index < -0.39 is 0 Å². The van der Waals surface area contributed by atoms with Gasteiger partial charge in [-0.25, -0.2) is 4.98 Å². The number of pyridine rings is 1. The van der Waals surface area contributed by atoms with Gasteiger partial charge in [0.05, 0.1) is 6.10 Å². The van der Waals surface area contributed by atoms with Crippen LogP contribution in [0.2, 0.25) is 0 Å². The van der Waals surface area contributed by atoms with E-state index in [1.807, 2.05) is 50.2 Å². The van der Waals surface area contributed by atoms with Crippen LogP contribution in [-0.2, 0) is 0 Å². The molecule has 3 nitrogen and oxygen atoms in total. The highest BCUT2D eigenvalue weighted by Crippen LogP contribution is 2.30. The van der Waals surface area contributed by atoms with Crippen molar-refractivity contribution in [1.29, 1.82) is 0 Å². The van der Waals surface area contributed by atoms with Gasteiger partial charge in [0.1, 0.15) is 5.75 Å². The van der Waals surface area contributed by atoms with Crippen molar-refractivity contribution in [2.45, 2.75) is 20.0 Å². The van der Waals surface area contributed by atoms with Crippen LogP contribution < -0.4 is 9.47 Å². The van der Waals surface area contributed by atoms with E-state index in [1.54, 1.807) is 6.20 Å². The number of hydrogen-bond donors (Lipinski definition) is 0. The predicted molar refractivity (Wildman–Crippen MR) is 74.2 cm³/mol. The second-order valence-electron chi connectivity index (χ2n) is 4.03. The Morgan fingerprint density at radius 1 is 1.17 bits per heavy atom. The van der Waals surface area contributed by atoms with Gasteiger partial charge in [-0.3, -0.25) is 0 Å². The third-order valence-electron chi connectivity index (χ3n) is 2.11. The highest BCUT2D eigenvalue weighted by Gasteiger charge is 2.08. The number of aromatic nitrogens is 1. The van der Waals surface area contributed by atoms with E-state index in [9.17, 15) is 0 Å². The zero-order valence-electron chi connectivity index (χ0n) is 10.3. The molecule has 0 radical (unpaired) electrons. The van der Waals surface area contributed by atoms with Gasteiger partial charge in [-0.05, 0) is 44.2 Å². The van der Waals surface area contributed by atoms with Gasteiger partial charge in [0, 0.05) is 10.7 Å². The van der Waals surface area contributed by atoms with Crippen molar-refractivity contribution in [2.24, 2.45) is 0 Å². The fourth-order valence-corrected chi connectivity index (χ4v) is 1.82. The summed E-state index contributed by atoms with van der Waals surface area (Å²) in [6.45, 7) is 3.94. The SMILES string of the molecule is CC(C)Oc1cccnc1Oc1cccc(Br)c1. The molecule has 0 aliphatic heterocycles. The van der Waals surface area contributed by atoms with Gasteiger partial charge in [-0.1, -0.05) is 22.0 Å². The Labute approximate surface area is 115 Å². The summed E-state index contributed by atoms with van der Waals surface area (Å²) in [6, 6.07) is 11.3. The van der Waals surface area contributed by atoms with E-state index in [2.05, 4.69) is 20.9 Å². The Bertz CT molecular complexity index is 529. The van der Waals surface area contributed by atoms with Crippen molar-refractivity contribution >= 4 is 15.9 Å². The minimum absolute atomic E-state index is 0.0825. The molecule has 94 valence electrons. The zero-order valence-corrected chi connectivity index (χ0v) is 11.8. The van der Waals surface area contributed by atoms with Gasteiger partial charge in [0.2, 0.25) is 0 Å². The van der Waals surface area contributed by atoms with Gasteiger partial charge < -0.3 is 9.47 Å². The third-order valence-corrected chi connectivity index (χ3v) is 2.60. The van der Waals surface area contributed by atoms with Crippen LogP contribution in [-0.4, -0.2) is 11.1 Å². The monoisotopic (exact) mass is 307 g/mol. The Kier molecular flexibility index (Phi) is 4.20. The number of ether oxygens (including phenoxy) is 2. The van der Waals surface area contributed by atoms with Crippen molar-refractivity contribution in [3.05, 3.63) is 47.1 Å². The molecule has 1 heterocycles. The smallest absolute Gasteiger partial charge is 0.262 e. The molecule has 0 saturated carbocycles. The van der Waals surface area contributed by atoms with Crippen molar-refractivity contribution in [3.63, 3.8) is 0 Å². The molecule has 0 spiro atoms.